The van der Waals surface area contributed by atoms with Gasteiger partial charge in [0.2, 0.25) is 0 Å². The average molecular weight is 447 g/mol. The smallest absolute Gasteiger partial charge is 0.159 e. The third kappa shape index (κ3) is 4.38. The molecule has 5 nitrogen and oxygen atoms in total. The molecule has 3 aromatic carbocycles. The van der Waals surface area contributed by atoms with E-state index < -0.39 is 0 Å². The van der Waals surface area contributed by atoms with Crippen molar-refractivity contribution >= 4 is 34.2 Å². The standard InChI is InChI=1S/C24H16Cl2N4O/c25-17-10-15(11-18(26)13-17)12-22-28-23(21-14-27-30-24(21)29-22)16-6-8-20(9-7-16)31-19-4-2-1-3-5-19/h1-11,13-14H,12H2,(H,27,28,29,30). The highest BCUT2D eigenvalue weighted by molar-refractivity contribution is 6.34. The van der Waals surface area contributed by atoms with Crippen molar-refractivity contribution in [3.63, 3.8) is 0 Å². The first-order valence-corrected chi connectivity index (χ1v) is 10.4. The van der Waals surface area contributed by atoms with Gasteiger partial charge in [0.1, 0.15) is 17.3 Å². The number of nitrogens with one attached hydrogen (secondary N) is 1. The van der Waals surface area contributed by atoms with Crippen LogP contribution in [0, 0.1) is 0 Å². The van der Waals surface area contributed by atoms with Gasteiger partial charge < -0.3 is 4.74 Å². The summed E-state index contributed by atoms with van der Waals surface area (Å²) in [6.07, 6.45) is 2.23. The molecule has 0 unspecified atom stereocenters. The third-order valence-corrected chi connectivity index (χ3v) is 5.18. The summed E-state index contributed by atoms with van der Waals surface area (Å²) in [6, 6.07) is 22.9. The lowest BCUT2D eigenvalue weighted by Crippen LogP contribution is -2.00. The van der Waals surface area contributed by atoms with Crippen molar-refractivity contribution < 1.29 is 4.74 Å². The molecule has 0 saturated carbocycles. The van der Waals surface area contributed by atoms with E-state index in [9.17, 15) is 0 Å². The second kappa shape index (κ2) is 8.38. The number of fused-ring (bicyclic) bond motifs is 1. The quantitative estimate of drug-likeness (QED) is 0.325. The number of benzene rings is 3. The van der Waals surface area contributed by atoms with Crippen LogP contribution in [0.25, 0.3) is 22.3 Å². The Labute approximate surface area is 188 Å². The minimum atomic E-state index is 0.497. The predicted molar refractivity (Wildman–Crippen MR) is 123 cm³/mol. The Morgan fingerprint density at radius 2 is 1.52 bits per heavy atom. The zero-order valence-corrected chi connectivity index (χ0v) is 17.7. The van der Waals surface area contributed by atoms with Crippen molar-refractivity contribution in [2.75, 3.05) is 0 Å². The number of ether oxygens (including phenoxy) is 1. The maximum atomic E-state index is 6.14. The van der Waals surface area contributed by atoms with Crippen molar-refractivity contribution in [3.8, 4) is 22.8 Å². The summed E-state index contributed by atoms with van der Waals surface area (Å²) >= 11 is 12.3. The molecule has 5 aromatic rings. The number of nitrogens with zero attached hydrogens (tertiary/aromatic N) is 3. The number of hydrogen-bond acceptors (Lipinski definition) is 4. The maximum Gasteiger partial charge on any atom is 0.159 e. The molecule has 7 heteroatoms. The lowest BCUT2D eigenvalue weighted by Gasteiger charge is -2.09. The van der Waals surface area contributed by atoms with Crippen molar-refractivity contribution in [2.24, 2.45) is 0 Å². The molecule has 0 spiro atoms. The fourth-order valence-electron chi connectivity index (χ4n) is 3.38. The molecule has 0 amide bonds. The van der Waals surface area contributed by atoms with Crippen LogP contribution in [-0.4, -0.2) is 20.2 Å². The first-order valence-electron chi connectivity index (χ1n) is 9.62. The molecule has 152 valence electrons. The lowest BCUT2D eigenvalue weighted by molar-refractivity contribution is 0.483. The minimum absolute atomic E-state index is 0.497. The van der Waals surface area contributed by atoms with Crippen LogP contribution in [-0.2, 0) is 6.42 Å². The Hall–Kier alpha value is -3.41. The van der Waals surface area contributed by atoms with Gasteiger partial charge in [-0.1, -0.05) is 41.4 Å². The first-order chi connectivity index (χ1) is 15.1. The molecule has 0 saturated heterocycles. The maximum absolute atomic E-state index is 6.14. The van der Waals surface area contributed by atoms with Crippen LogP contribution < -0.4 is 4.74 Å². The van der Waals surface area contributed by atoms with Crippen LogP contribution in [0.5, 0.6) is 11.5 Å². The van der Waals surface area contributed by atoms with Gasteiger partial charge >= 0.3 is 0 Å². The highest BCUT2D eigenvalue weighted by Crippen LogP contribution is 2.29. The fourth-order valence-corrected chi connectivity index (χ4v) is 3.95. The molecule has 0 atom stereocenters. The van der Waals surface area contributed by atoms with Gasteiger partial charge in [0.05, 0.1) is 17.3 Å². The Morgan fingerprint density at radius 1 is 0.806 bits per heavy atom. The largest absolute Gasteiger partial charge is 0.457 e. The second-order valence-corrected chi connectivity index (χ2v) is 7.89. The molecule has 0 radical (unpaired) electrons. The molecule has 31 heavy (non-hydrogen) atoms. The molecule has 5 rings (SSSR count). The fraction of sp³-hybridized carbons (Fsp3) is 0.0417. The molecule has 0 fully saturated rings. The van der Waals surface area contributed by atoms with Crippen LogP contribution in [0.1, 0.15) is 11.4 Å². The summed E-state index contributed by atoms with van der Waals surface area (Å²) in [5.41, 5.74) is 3.36. The monoisotopic (exact) mass is 446 g/mol. The van der Waals surface area contributed by atoms with Crippen molar-refractivity contribution in [1.29, 1.82) is 0 Å². The van der Waals surface area contributed by atoms with E-state index in [1.54, 1.807) is 12.3 Å². The van der Waals surface area contributed by atoms with Gasteiger partial charge in [-0.05, 0) is 60.2 Å². The summed E-state index contributed by atoms with van der Waals surface area (Å²) in [4.78, 5) is 9.42. The van der Waals surface area contributed by atoms with E-state index in [2.05, 4.69) is 15.2 Å². The summed E-state index contributed by atoms with van der Waals surface area (Å²) in [7, 11) is 0. The zero-order chi connectivity index (χ0) is 21.2. The van der Waals surface area contributed by atoms with E-state index in [4.69, 9.17) is 32.9 Å². The van der Waals surface area contributed by atoms with Crippen molar-refractivity contribution in [2.45, 2.75) is 6.42 Å². The van der Waals surface area contributed by atoms with Crippen LogP contribution in [0.3, 0.4) is 0 Å². The summed E-state index contributed by atoms with van der Waals surface area (Å²) < 4.78 is 5.89. The van der Waals surface area contributed by atoms with Gasteiger partial charge in [-0.25, -0.2) is 9.97 Å². The van der Waals surface area contributed by atoms with E-state index in [0.29, 0.717) is 27.9 Å². The van der Waals surface area contributed by atoms with Gasteiger partial charge in [0.25, 0.3) is 0 Å². The Balaban J connectivity index is 1.48. The average Bonchev–Trinajstić information content (AvgIpc) is 3.22. The third-order valence-electron chi connectivity index (χ3n) is 4.75. The molecule has 2 aromatic heterocycles. The number of hydrogen-bond donors (Lipinski definition) is 1. The summed E-state index contributed by atoms with van der Waals surface area (Å²) in [5.74, 6) is 2.19. The van der Waals surface area contributed by atoms with Crippen LogP contribution in [0.2, 0.25) is 10.0 Å². The minimum Gasteiger partial charge on any atom is -0.457 e. The number of H-pyrrole nitrogens is 1. The highest BCUT2D eigenvalue weighted by Gasteiger charge is 2.13. The van der Waals surface area contributed by atoms with E-state index in [-0.39, 0.29) is 0 Å². The summed E-state index contributed by atoms with van der Waals surface area (Å²) in [6.45, 7) is 0. The van der Waals surface area contributed by atoms with E-state index in [1.807, 2.05) is 66.7 Å². The number of aromatic amines is 1. The first kappa shape index (κ1) is 19.5. The predicted octanol–water partition coefficient (Wildman–Crippen LogP) is 6.71. The topological polar surface area (TPSA) is 63.7 Å². The molecule has 0 bridgehead atoms. The normalized spacial score (nSPS) is 11.0. The van der Waals surface area contributed by atoms with E-state index in [1.165, 1.54) is 0 Å². The molecule has 0 aliphatic rings. The van der Waals surface area contributed by atoms with Gasteiger partial charge in [-0.15, -0.1) is 0 Å². The zero-order valence-electron chi connectivity index (χ0n) is 16.2. The Bertz CT molecular complexity index is 1330. The van der Waals surface area contributed by atoms with Crippen molar-refractivity contribution in [3.05, 3.63) is 100 Å². The highest BCUT2D eigenvalue weighted by atomic mass is 35.5. The second-order valence-electron chi connectivity index (χ2n) is 7.01. The molecular weight excluding hydrogens is 431 g/mol. The van der Waals surface area contributed by atoms with Crippen molar-refractivity contribution in [1.82, 2.24) is 20.2 Å². The van der Waals surface area contributed by atoms with Crippen LogP contribution in [0.4, 0.5) is 0 Å². The number of rotatable bonds is 5. The lowest BCUT2D eigenvalue weighted by atomic mass is 10.1. The molecule has 0 aliphatic carbocycles. The summed E-state index contributed by atoms with van der Waals surface area (Å²) in [5, 5.41) is 9.10. The van der Waals surface area contributed by atoms with Gasteiger partial charge in [-0.2, -0.15) is 5.10 Å². The number of para-hydroxylation sites is 1. The number of aromatic nitrogens is 4. The number of halogens is 2. The molecule has 2 heterocycles. The SMILES string of the molecule is Clc1cc(Cl)cc(Cc2nc(-c3ccc(Oc4ccccc4)cc3)c3cn[nH]c3n2)c1. The van der Waals surface area contributed by atoms with Gasteiger partial charge in [0.15, 0.2) is 5.65 Å². The Kier molecular flexibility index (Phi) is 5.28. The van der Waals surface area contributed by atoms with E-state index in [0.717, 1.165) is 33.7 Å². The van der Waals surface area contributed by atoms with Crippen LogP contribution in [0.15, 0.2) is 79.0 Å². The molecule has 1 N–H and O–H groups in total. The molecule has 0 aliphatic heterocycles. The van der Waals surface area contributed by atoms with Gasteiger partial charge in [-0.3, -0.25) is 5.10 Å². The van der Waals surface area contributed by atoms with E-state index >= 15 is 0 Å². The van der Waals surface area contributed by atoms with Crippen LogP contribution >= 0.6 is 23.2 Å². The van der Waals surface area contributed by atoms with Gasteiger partial charge in [0, 0.05) is 22.0 Å². The molecular formula is C24H16Cl2N4O. The Morgan fingerprint density at radius 3 is 2.26 bits per heavy atom.